The highest BCUT2D eigenvalue weighted by Crippen LogP contribution is 2.28. The summed E-state index contributed by atoms with van der Waals surface area (Å²) >= 11 is 0. The van der Waals surface area contributed by atoms with Crippen LogP contribution in [0.15, 0.2) is 49.1 Å². The Hall–Kier alpha value is -2.33. The smallest absolute Gasteiger partial charge is 0.261 e. The lowest BCUT2D eigenvalue weighted by Gasteiger charge is -2.17. The van der Waals surface area contributed by atoms with E-state index in [0.29, 0.717) is 17.9 Å². The first kappa shape index (κ1) is 15.1. The first-order valence-electron chi connectivity index (χ1n) is 6.84. The van der Waals surface area contributed by atoms with E-state index in [1.54, 1.807) is 19.1 Å². The highest BCUT2D eigenvalue weighted by atomic mass is 16.5. The quantitative estimate of drug-likeness (QED) is 0.801. The lowest BCUT2D eigenvalue weighted by molar-refractivity contribution is -0.127. The van der Waals surface area contributed by atoms with Gasteiger partial charge in [0.25, 0.3) is 5.91 Å². The molecule has 110 valence electrons. The normalized spacial score (nSPS) is 11.9. The average molecular weight is 285 g/mol. The van der Waals surface area contributed by atoms with E-state index < -0.39 is 6.10 Å². The van der Waals surface area contributed by atoms with E-state index in [0.717, 1.165) is 10.8 Å². The van der Waals surface area contributed by atoms with Crippen molar-refractivity contribution in [3.8, 4) is 5.75 Å². The number of carbonyl (C=O) groups is 1. The molecule has 0 heterocycles. The van der Waals surface area contributed by atoms with Crippen LogP contribution >= 0.6 is 0 Å². The number of amides is 1. The number of hydrogen-bond acceptors (Lipinski definition) is 3. The Morgan fingerprint density at radius 1 is 1.38 bits per heavy atom. The molecule has 0 aliphatic heterocycles. The monoisotopic (exact) mass is 285 g/mol. The number of nitrogens with one attached hydrogen (secondary N) is 1. The largest absolute Gasteiger partial charge is 0.481 e. The van der Waals surface area contributed by atoms with Gasteiger partial charge >= 0.3 is 0 Å². The molecule has 0 saturated carbocycles. The zero-order chi connectivity index (χ0) is 15.2. The molecule has 4 heteroatoms. The van der Waals surface area contributed by atoms with Gasteiger partial charge in [0, 0.05) is 12.1 Å². The molecule has 4 nitrogen and oxygen atoms in total. The average Bonchev–Trinajstić information content (AvgIpc) is 2.52. The summed E-state index contributed by atoms with van der Waals surface area (Å²) < 4.78 is 5.70. The first-order chi connectivity index (χ1) is 10.2. The molecule has 0 bridgehead atoms. The molecule has 0 aromatic heterocycles. The van der Waals surface area contributed by atoms with Crippen molar-refractivity contribution >= 4 is 16.7 Å². The van der Waals surface area contributed by atoms with Gasteiger partial charge in [-0.15, -0.1) is 6.58 Å². The molecule has 2 aromatic carbocycles. The molecule has 1 atom stereocenters. The van der Waals surface area contributed by atoms with Crippen molar-refractivity contribution < 1.29 is 14.6 Å². The Morgan fingerprint density at radius 2 is 2.14 bits per heavy atom. The first-order valence-corrected chi connectivity index (χ1v) is 6.84. The molecule has 0 saturated heterocycles. The molecule has 21 heavy (non-hydrogen) atoms. The Labute approximate surface area is 124 Å². The molecule has 2 aromatic rings. The van der Waals surface area contributed by atoms with Crippen LogP contribution in [-0.2, 0) is 11.4 Å². The molecular weight excluding hydrogens is 266 g/mol. The van der Waals surface area contributed by atoms with Gasteiger partial charge < -0.3 is 15.2 Å². The summed E-state index contributed by atoms with van der Waals surface area (Å²) in [5.41, 5.74) is 0.691. The standard InChI is InChI=1S/C17H19NO3/c1-3-10-18-17(20)12(2)21-16-9-8-13-6-4-5-7-14(13)15(16)11-19/h3-9,12,19H,1,10-11H2,2H3,(H,18,20). The van der Waals surface area contributed by atoms with Gasteiger partial charge in [-0.05, 0) is 23.8 Å². The maximum Gasteiger partial charge on any atom is 0.261 e. The predicted octanol–water partition coefficient (Wildman–Crippen LogP) is 2.40. The SMILES string of the molecule is C=CCNC(=O)C(C)Oc1ccc2ccccc2c1CO. The van der Waals surface area contributed by atoms with E-state index in [1.807, 2.05) is 30.3 Å². The van der Waals surface area contributed by atoms with Crippen molar-refractivity contribution in [1.82, 2.24) is 5.32 Å². The minimum absolute atomic E-state index is 0.141. The molecule has 1 amide bonds. The summed E-state index contributed by atoms with van der Waals surface area (Å²) in [5.74, 6) is 0.310. The van der Waals surface area contributed by atoms with Crippen LogP contribution in [0.5, 0.6) is 5.75 Å². The van der Waals surface area contributed by atoms with Gasteiger partial charge in [-0.3, -0.25) is 4.79 Å². The van der Waals surface area contributed by atoms with Crippen molar-refractivity contribution in [3.63, 3.8) is 0 Å². The zero-order valence-electron chi connectivity index (χ0n) is 12.0. The van der Waals surface area contributed by atoms with Gasteiger partial charge in [0.1, 0.15) is 5.75 Å². The van der Waals surface area contributed by atoms with Crippen molar-refractivity contribution in [1.29, 1.82) is 0 Å². The van der Waals surface area contributed by atoms with Crippen molar-refractivity contribution in [3.05, 3.63) is 54.6 Å². The van der Waals surface area contributed by atoms with Gasteiger partial charge in [-0.25, -0.2) is 0 Å². The highest BCUT2D eigenvalue weighted by molar-refractivity contribution is 5.88. The fraction of sp³-hybridized carbons (Fsp3) is 0.235. The van der Waals surface area contributed by atoms with Crippen LogP contribution in [0.25, 0.3) is 10.8 Å². The zero-order valence-corrected chi connectivity index (χ0v) is 12.0. The van der Waals surface area contributed by atoms with Crippen LogP contribution in [0, 0.1) is 0 Å². The fourth-order valence-corrected chi connectivity index (χ4v) is 2.15. The van der Waals surface area contributed by atoms with Crippen LogP contribution in [-0.4, -0.2) is 23.7 Å². The maximum atomic E-state index is 11.8. The van der Waals surface area contributed by atoms with E-state index in [1.165, 1.54) is 0 Å². The third-order valence-electron chi connectivity index (χ3n) is 3.25. The fourth-order valence-electron chi connectivity index (χ4n) is 2.15. The number of carbonyl (C=O) groups excluding carboxylic acids is 1. The van der Waals surface area contributed by atoms with Crippen molar-refractivity contribution in [2.45, 2.75) is 19.6 Å². The second kappa shape index (κ2) is 6.90. The summed E-state index contributed by atoms with van der Waals surface area (Å²) in [5, 5.41) is 14.3. The molecule has 0 radical (unpaired) electrons. The highest BCUT2D eigenvalue weighted by Gasteiger charge is 2.16. The van der Waals surface area contributed by atoms with Crippen molar-refractivity contribution in [2.75, 3.05) is 6.54 Å². The summed E-state index contributed by atoms with van der Waals surface area (Å²) in [6.45, 7) is 5.48. The molecule has 0 spiro atoms. The topological polar surface area (TPSA) is 58.6 Å². The van der Waals surface area contributed by atoms with E-state index in [4.69, 9.17) is 4.74 Å². The number of hydrogen-bond donors (Lipinski definition) is 2. The van der Waals surface area contributed by atoms with Crippen molar-refractivity contribution in [2.24, 2.45) is 0 Å². The summed E-state index contributed by atoms with van der Waals surface area (Å²) in [7, 11) is 0. The minimum Gasteiger partial charge on any atom is -0.481 e. The minimum atomic E-state index is -0.642. The Bertz CT molecular complexity index is 652. The van der Waals surface area contributed by atoms with Gasteiger partial charge in [-0.2, -0.15) is 0 Å². The number of rotatable bonds is 6. The Kier molecular flexibility index (Phi) is 4.95. The third kappa shape index (κ3) is 3.41. The molecule has 2 N–H and O–H groups in total. The number of aliphatic hydroxyl groups is 1. The molecule has 0 aliphatic rings. The number of ether oxygens (including phenoxy) is 1. The molecular formula is C17H19NO3. The van der Waals surface area contributed by atoms with E-state index in [2.05, 4.69) is 11.9 Å². The summed E-state index contributed by atoms with van der Waals surface area (Å²) in [6.07, 6.45) is 0.969. The van der Waals surface area contributed by atoms with Crippen LogP contribution < -0.4 is 10.1 Å². The van der Waals surface area contributed by atoms with Gasteiger partial charge in [0.15, 0.2) is 6.10 Å². The summed E-state index contributed by atoms with van der Waals surface area (Å²) in [6, 6.07) is 11.4. The van der Waals surface area contributed by atoms with Crippen LogP contribution in [0.2, 0.25) is 0 Å². The second-order valence-electron chi connectivity index (χ2n) is 4.72. The lowest BCUT2D eigenvalue weighted by atomic mass is 10.0. The summed E-state index contributed by atoms with van der Waals surface area (Å²) in [4.78, 5) is 11.8. The van der Waals surface area contributed by atoms with Crippen LogP contribution in [0.4, 0.5) is 0 Å². The van der Waals surface area contributed by atoms with Crippen LogP contribution in [0.1, 0.15) is 12.5 Å². The van der Waals surface area contributed by atoms with E-state index in [-0.39, 0.29) is 12.5 Å². The van der Waals surface area contributed by atoms with Crippen LogP contribution in [0.3, 0.4) is 0 Å². The van der Waals surface area contributed by atoms with Gasteiger partial charge in [0.05, 0.1) is 6.61 Å². The van der Waals surface area contributed by atoms with Gasteiger partial charge in [0.2, 0.25) is 0 Å². The molecule has 0 aliphatic carbocycles. The molecule has 2 rings (SSSR count). The molecule has 0 fully saturated rings. The molecule has 1 unspecified atom stereocenters. The van der Waals surface area contributed by atoms with E-state index >= 15 is 0 Å². The second-order valence-corrected chi connectivity index (χ2v) is 4.72. The predicted molar refractivity (Wildman–Crippen MR) is 83.2 cm³/mol. The number of benzene rings is 2. The van der Waals surface area contributed by atoms with Gasteiger partial charge in [-0.1, -0.05) is 36.4 Å². The maximum absolute atomic E-state index is 11.8. The Morgan fingerprint density at radius 3 is 2.86 bits per heavy atom. The Balaban J connectivity index is 2.25. The van der Waals surface area contributed by atoms with E-state index in [9.17, 15) is 9.90 Å². The third-order valence-corrected chi connectivity index (χ3v) is 3.25. The lowest BCUT2D eigenvalue weighted by Crippen LogP contribution is -2.36. The number of aliphatic hydroxyl groups excluding tert-OH is 1. The number of fused-ring (bicyclic) bond motifs is 1.